The second-order valence-electron chi connectivity index (χ2n) is 18.2. The number of amides is 3. The van der Waals surface area contributed by atoms with Crippen molar-refractivity contribution >= 4 is 52.7 Å². The molecule has 2 aliphatic carbocycles. The third-order valence-electron chi connectivity index (χ3n) is 14.1. The number of anilines is 1. The SMILES string of the molecule is C=Cc1cc(C(=O)N[C@H]2CC[C@H](Oc3ccc(C#N)c(Cl)c3)CC2)ncc1CC1=CCCN(C2CC3CN(c4cc(C(C)=O)c(C(=O)C(=C)C5CCC(=O)NC5=O)cc4F)CC3C2)CC1. The summed E-state index contributed by atoms with van der Waals surface area (Å²) in [5.74, 6) is -2.45. The third kappa shape index (κ3) is 10.1. The monoisotopic (exact) mass is 900 g/mol. The highest BCUT2D eigenvalue weighted by molar-refractivity contribution is 6.31. The number of Topliss-reactive ketones (excluding diaryl/α,β-unsaturated/α-hetero) is 2. The molecule has 2 aromatic carbocycles. The number of benzene rings is 2. The fourth-order valence-electron chi connectivity index (χ4n) is 10.5. The fourth-order valence-corrected chi connectivity index (χ4v) is 10.7. The quantitative estimate of drug-likeness (QED) is 0.0745. The second kappa shape index (κ2) is 19.6. The van der Waals surface area contributed by atoms with Crippen LogP contribution in [0.1, 0.15) is 119 Å². The van der Waals surface area contributed by atoms with E-state index in [1.807, 2.05) is 11.0 Å². The number of nitrogens with one attached hydrogen (secondary N) is 2. The van der Waals surface area contributed by atoms with E-state index in [1.165, 1.54) is 18.6 Å². The van der Waals surface area contributed by atoms with Gasteiger partial charge < -0.3 is 15.0 Å². The Balaban J connectivity index is 0.811. The lowest BCUT2D eigenvalue weighted by Gasteiger charge is -2.30. The Hall–Kier alpha value is -5.97. The van der Waals surface area contributed by atoms with Crippen LogP contribution in [-0.2, 0) is 16.0 Å². The molecule has 3 aromatic rings. The fraction of sp³-hybridized carbons (Fsp3) is 0.431. The molecule has 2 N–H and O–H groups in total. The van der Waals surface area contributed by atoms with Crippen LogP contribution in [0.25, 0.3) is 6.08 Å². The van der Waals surface area contributed by atoms with Gasteiger partial charge in [0.15, 0.2) is 11.6 Å². The third-order valence-corrected chi connectivity index (χ3v) is 14.4. The van der Waals surface area contributed by atoms with E-state index in [4.69, 9.17) is 21.6 Å². The minimum absolute atomic E-state index is 0.00353. The van der Waals surface area contributed by atoms with Crippen molar-refractivity contribution in [3.8, 4) is 11.8 Å². The van der Waals surface area contributed by atoms with E-state index in [0.29, 0.717) is 58.7 Å². The van der Waals surface area contributed by atoms with Crippen molar-refractivity contribution in [2.24, 2.45) is 17.8 Å². The molecule has 4 fully saturated rings. The van der Waals surface area contributed by atoms with Crippen LogP contribution in [0, 0.1) is 34.9 Å². The Bertz CT molecular complexity index is 2510. The molecule has 8 rings (SSSR count). The van der Waals surface area contributed by atoms with Crippen LogP contribution < -0.4 is 20.3 Å². The van der Waals surface area contributed by atoms with Gasteiger partial charge in [0, 0.05) is 73.6 Å². The van der Waals surface area contributed by atoms with Crippen LogP contribution in [0.5, 0.6) is 5.75 Å². The van der Waals surface area contributed by atoms with E-state index < -0.39 is 29.3 Å². The number of halogens is 2. The van der Waals surface area contributed by atoms with Gasteiger partial charge in [-0.3, -0.25) is 39.2 Å². The molecule has 5 aliphatic rings. The highest BCUT2D eigenvalue weighted by atomic mass is 35.5. The van der Waals surface area contributed by atoms with Crippen molar-refractivity contribution in [2.75, 3.05) is 31.1 Å². The molecule has 0 spiro atoms. The van der Waals surface area contributed by atoms with Gasteiger partial charge >= 0.3 is 0 Å². The van der Waals surface area contributed by atoms with E-state index in [9.17, 15) is 24.0 Å². The number of nitriles is 1. The van der Waals surface area contributed by atoms with Crippen LogP contribution in [0.15, 0.2) is 73.0 Å². The molecular formula is C51H54ClFN6O6. The van der Waals surface area contributed by atoms with Crippen molar-refractivity contribution in [3.63, 3.8) is 0 Å². The molecule has 0 bridgehead atoms. The number of hydrogen-bond acceptors (Lipinski definition) is 10. The number of rotatable bonds is 13. The first-order chi connectivity index (χ1) is 31.3. The predicted octanol–water partition coefficient (Wildman–Crippen LogP) is 7.98. The maximum atomic E-state index is 15.9. The summed E-state index contributed by atoms with van der Waals surface area (Å²) >= 11 is 6.17. The first-order valence-electron chi connectivity index (χ1n) is 22.7. The molecule has 3 unspecified atom stereocenters. The van der Waals surface area contributed by atoms with Crippen molar-refractivity contribution in [3.05, 3.63) is 117 Å². The van der Waals surface area contributed by atoms with Gasteiger partial charge in [0.1, 0.15) is 23.3 Å². The summed E-state index contributed by atoms with van der Waals surface area (Å²) in [5, 5.41) is 14.9. The molecule has 12 nitrogen and oxygen atoms in total. The van der Waals surface area contributed by atoms with E-state index in [-0.39, 0.29) is 53.4 Å². The molecule has 4 heterocycles. The number of hydrogen-bond donors (Lipinski definition) is 2. The van der Waals surface area contributed by atoms with Crippen LogP contribution >= 0.6 is 11.6 Å². The molecule has 1 aromatic heterocycles. The van der Waals surface area contributed by atoms with E-state index in [0.717, 1.165) is 88.1 Å². The van der Waals surface area contributed by atoms with Crippen molar-refractivity contribution in [2.45, 2.75) is 95.7 Å². The summed E-state index contributed by atoms with van der Waals surface area (Å²) < 4.78 is 22.0. The predicted molar refractivity (Wildman–Crippen MR) is 245 cm³/mol. The van der Waals surface area contributed by atoms with Crippen LogP contribution in [-0.4, -0.2) is 83.5 Å². The summed E-state index contributed by atoms with van der Waals surface area (Å²) in [6, 6.07) is 12.0. The lowest BCUT2D eigenvalue weighted by molar-refractivity contribution is -0.135. The first-order valence-corrected chi connectivity index (χ1v) is 23.0. The standard InChI is InChI=1S/C51H54ClFN6O6/c1-4-32-21-46(51(64)56-37-8-11-39(12-9-37)65-40-10-7-33(25-54)44(52)22-40)55-26-34(32)18-31-6-5-16-58(17-15-31)38-19-35-27-59(28-36(35)20-38)47-24-42(30(3)60)43(23-45(47)53)49(62)29(2)41-13-14-48(61)57-50(41)63/h4,6-7,10,21-24,26,35-39,41H,1-2,5,8-9,11-20,27-28H2,3H3,(H,56,64)(H,57,61,63)/t35?,36?,37-,38?,39-,41?. The highest BCUT2D eigenvalue weighted by Crippen LogP contribution is 2.43. The molecule has 3 atom stereocenters. The minimum atomic E-state index is -0.920. The summed E-state index contributed by atoms with van der Waals surface area (Å²) in [6.07, 6.45) is 13.8. The Morgan fingerprint density at radius 1 is 1.03 bits per heavy atom. The van der Waals surface area contributed by atoms with Crippen molar-refractivity contribution < 1.29 is 33.1 Å². The van der Waals surface area contributed by atoms with Gasteiger partial charge in [0.05, 0.1) is 28.3 Å². The molecule has 2 saturated heterocycles. The zero-order chi connectivity index (χ0) is 45.9. The zero-order valence-corrected chi connectivity index (χ0v) is 37.4. The van der Waals surface area contributed by atoms with Gasteiger partial charge in [0.25, 0.3) is 5.91 Å². The number of fused-ring (bicyclic) bond motifs is 1. The Morgan fingerprint density at radius 2 is 1.78 bits per heavy atom. The van der Waals surface area contributed by atoms with E-state index in [1.54, 1.807) is 30.5 Å². The average molecular weight is 901 g/mol. The lowest BCUT2D eigenvalue weighted by atomic mass is 9.85. The Labute approximate surface area is 383 Å². The van der Waals surface area contributed by atoms with Crippen molar-refractivity contribution in [1.82, 2.24) is 20.5 Å². The second-order valence-corrected chi connectivity index (χ2v) is 18.6. The van der Waals surface area contributed by atoms with Gasteiger partial charge in [-0.1, -0.05) is 42.5 Å². The maximum absolute atomic E-state index is 15.9. The number of ketones is 2. The molecule has 14 heteroatoms. The number of aromatic nitrogens is 1. The van der Waals surface area contributed by atoms with Crippen LogP contribution in [0.2, 0.25) is 5.02 Å². The van der Waals surface area contributed by atoms with Crippen molar-refractivity contribution in [1.29, 1.82) is 5.26 Å². The summed E-state index contributed by atoms with van der Waals surface area (Å²) in [4.78, 5) is 72.9. The van der Waals surface area contributed by atoms with Gasteiger partial charge in [0.2, 0.25) is 11.8 Å². The van der Waals surface area contributed by atoms with E-state index >= 15 is 4.39 Å². The number of piperidine rings is 1. The maximum Gasteiger partial charge on any atom is 0.270 e. The van der Waals surface area contributed by atoms with Gasteiger partial charge in [-0.05, 0) is 124 Å². The van der Waals surface area contributed by atoms with Gasteiger partial charge in [-0.25, -0.2) is 4.39 Å². The molecule has 3 amide bonds. The smallest absolute Gasteiger partial charge is 0.270 e. The van der Waals surface area contributed by atoms with Crippen LogP contribution in [0.4, 0.5) is 10.1 Å². The molecular weight excluding hydrogens is 847 g/mol. The molecule has 338 valence electrons. The number of pyridine rings is 1. The Morgan fingerprint density at radius 3 is 2.46 bits per heavy atom. The minimum Gasteiger partial charge on any atom is -0.490 e. The molecule has 2 saturated carbocycles. The lowest BCUT2D eigenvalue weighted by Crippen LogP contribution is -2.42. The summed E-state index contributed by atoms with van der Waals surface area (Å²) in [6.45, 7) is 12.4. The normalized spacial score (nSPS) is 24.5. The molecule has 0 radical (unpaired) electrons. The summed E-state index contributed by atoms with van der Waals surface area (Å²) in [7, 11) is 0. The number of imide groups is 1. The highest BCUT2D eigenvalue weighted by Gasteiger charge is 2.44. The first kappa shape index (κ1) is 45.6. The number of ether oxygens (including phenoxy) is 1. The Kier molecular flexibility index (Phi) is 13.8. The van der Waals surface area contributed by atoms with Gasteiger partial charge in [-0.15, -0.1) is 0 Å². The summed E-state index contributed by atoms with van der Waals surface area (Å²) in [5.41, 5.74) is 4.23. The number of nitrogens with zero attached hydrogens (tertiary/aromatic N) is 4. The largest absolute Gasteiger partial charge is 0.490 e. The van der Waals surface area contributed by atoms with Gasteiger partial charge in [-0.2, -0.15) is 5.26 Å². The zero-order valence-electron chi connectivity index (χ0n) is 36.7. The van der Waals surface area contributed by atoms with Crippen LogP contribution in [0.3, 0.4) is 0 Å². The number of carbonyl (C=O) groups is 5. The van der Waals surface area contributed by atoms with E-state index in [2.05, 4.69) is 45.8 Å². The average Bonchev–Trinajstić information content (AvgIpc) is 3.78. The molecule has 65 heavy (non-hydrogen) atoms. The topological polar surface area (TPSA) is 162 Å². The molecule has 3 aliphatic heterocycles. The number of carbonyl (C=O) groups excluding carboxylic acids is 5.